The molecule has 0 atom stereocenters. The van der Waals surface area contributed by atoms with Crippen LogP contribution in [0.2, 0.25) is 0 Å². The monoisotopic (exact) mass is 307 g/mol. The number of alkyl halides is 1. The van der Waals surface area contributed by atoms with Crippen molar-refractivity contribution in [1.29, 1.82) is 0 Å². The normalized spacial score (nSPS) is 20.3. The number of nitrogens with zero attached hydrogens (tertiary/aromatic N) is 3. The van der Waals surface area contributed by atoms with Crippen LogP contribution in [0.1, 0.15) is 43.9 Å². The largest absolute Gasteiger partial charge is 0.354 e. The summed E-state index contributed by atoms with van der Waals surface area (Å²) in [5, 5.41) is 0. The van der Waals surface area contributed by atoms with Gasteiger partial charge in [-0.1, -0.05) is 13.8 Å². The molecule has 0 aromatic carbocycles. The first-order valence-corrected chi connectivity index (χ1v) is 8.73. The van der Waals surface area contributed by atoms with Crippen LogP contribution in [0.15, 0.2) is 12.1 Å². The van der Waals surface area contributed by atoms with E-state index in [1.54, 1.807) is 0 Å². The maximum Gasteiger partial charge on any atom is 0.129 e. The Labute approximate surface area is 133 Å². The van der Waals surface area contributed by atoms with Gasteiger partial charge in [-0.2, -0.15) is 0 Å². The molecule has 0 unspecified atom stereocenters. The molecule has 1 aromatic rings. The minimum absolute atomic E-state index is 0.447. The number of hydrogen-bond donors (Lipinski definition) is 0. The summed E-state index contributed by atoms with van der Waals surface area (Å²) in [7, 11) is 0. The lowest BCUT2D eigenvalue weighted by Crippen LogP contribution is -2.47. The summed E-state index contributed by atoms with van der Waals surface area (Å²) in [6, 6.07) is 4.31. The van der Waals surface area contributed by atoms with Gasteiger partial charge in [0.1, 0.15) is 5.82 Å². The van der Waals surface area contributed by atoms with Gasteiger partial charge >= 0.3 is 0 Å². The smallest absolute Gasteiger partial charge is 0.129 e. The highest BCUT2D eigenvalue weighted by Crippen LogP contribution is 2.30. The predicted molar refractivity (Wildman–Crippen MR) is 89.3 cm³/mol. The zero-order valence-electron chi connectivity index (χ0n) is 13.2. The Hall–Kier alpha value is -0.800. The Balaban J connectivity index is 1.67. The topological polar surface area (TPSA) is 19.4 Å². The summed E-state index contributed by atoms with van der Waals surface area (Å²) in [5.74, 6) is 3.12. The maximum absolute atomic E-state index is 6.05. The summed E-state index contributed by atoms with van der Waals surface area (Å²) < 4.78 is 0. The van der Waals surface area contributed by atoms with Crippen LogP contribution in [0.3, 0.4) is 0 Å². The molecule has 4 heteroatoms. The third kappa shape index (κ3) is 3.89. The summed E-state index contributed by atoms with van der Waals surface area (Å²) in [4.78, 5) is 9.89. The lowest BCUT2D eigenvalue weighted by Gasteiger charge is -2.35. The van der Waals surface area contributed by atoms with Crippen molar-refractivity contribution in [3.63, 3.8) is 0 Å². The molecule has 116 valence electrons. The van der Waals surface area contributed by atoms with Gasteiger partial charge < -0.3 is 4.90 Å². The number of rotatable bonds is 5. The van der Waals surface area contributed by atoms with Crippen molar-refractivity contribution in [2.45, 2.75) is 38.5 Å². The van der Waals surface area contributed by atoms with Gasteiger partial charge in [-0.05, 0) is 42.4 Å². The average Bonchev–Trinajstić information content (AvgIpc) is 3.31. The minimum atomic E-state index is 0.447. The minimum Gasteiger partial charge on any atom is -0.354 e. The number of piperazine rings is 1. The van der Waals surface area contributed by atoms with Gasteiger partial charge in [-0.25, -0.2) is 4.98 Å². The van der Waals surface area contributed by atoms with Crippen molar-refractivity contribution in [1.82, 2.24) is 9.88 Å². The molecule has 0 amide bonds. The number of anilines is 1. The lowest BCUT2D eigenvalue weighted by atomic mass is 10.1. The molecular weight excluding hydrogens is 282 g/mol. The number of pyridine rings is 1. The van der Waals surface area contributed by atoms with Crippen LogP contribution in [0, 0.1) is 5.92 Å². The molecular formula is C17H26ClN3. The molecule has 0 radical (unpaired) electrons. The van der Waals surface area contributed by atoms with Crippen LogP contribution in [-0.2, 0) is 5.88 Å². The molecule has 0 spiro atoms. The third-order valence-electron chi connectivity index (χ3n) is 4.55. The van der Waals surface area contributed by atoms with Gasteiger partial charge in [0, 0.05) is 44.3 Å². The molecule has 3 rings (SSSR count). The average molecular weight is 308 g/mol. The van der Waals surface area contributed by atoms with Gasteiger partial charge in [0.25, 0.3) is 0 Å². The van der Waals surface area contributed by atoms with E-state index in [2.05, 4.69) is 35.8 Å². The van der Waals surface area contributed by atoms with Gasteiger partial charge in [0.05, 0.1) is 0 Å². The molecule has 0 bridgehead atoms. The zero-order valence-corrected chi connectivity index (χ0v) is 13.9. The lowest BCUT2D eigenvalue weighted by molar-refractivity contribution is 0.247. The van der Waals surface area contributed by atoms with Crippen LogP contribution in [0.4, 0.5) is 5.82 Å². The fourth-order valence-electron chi connectivity index (χ4n) is 2.95. The van der Waals surface area contributed by atoms with E-state index >= 15 is 0 Å². The van der Waals surface area contributed by atoms with Crippen LogP contribution >= 0.6 is 11.6 Å². The van der Waals surface area contributed by atoms with E-state index < -0.39 is 0 Å². The Morgan fingerprint density at radius 1 is 1.19 bits per heavy atom. The molecule has 1 aliphatic heterocycles. The van der Waals surface area contributed by atoms with Crippen LogP contribution in [0.25, 0.3) is 0 Å². The molecule has 1 aliphatic carbocycles. The van der Waals surface area contributed by atoms with Crippen molar-refractivity contribution in [3.05, 3.63) is 23.4 Å². The molecule has 2 aliphatic rings. The molecule has 1 aromatic heterocycles. The molecule has 0 N–H and O–H groups in total. The van der Waals surface area contributed by atoms with E-state index in [1.807, 2.05) is 0 Å². The Bertz CT molecular complexity index is 477. The van der Waals surface area contributed by atoms with Gasteiger partial charge in [0.2, 0.25) is 0 Å². The third-order valence-corrected chi connectivity index (χ3v) is 4.86. The summed E-state index contributed by atoms with van der Waals surface area (Å²) in [6.45, 7) is 10.2. The van der Waals surface area contributed by atoms with Crippen LogP contribution in [0.5, 0.6) is 0 Å². The fourth-order valence-corrected chi connectivity index (χ4v) is 3.11. The molecule has 3 nitrogen and oxygen atoms in total. The molecule has 2 heterocycles. The summed E-state index contributed by atoms with van der Waals surface area (Å²) >= 11 is 6.05. The van der Waals surface area contributed by atoms with E-state index in [1.165, 1.54) is 38.0 Å². The Morgan fingerprint density at radius 3 is 2.48 bits per heavy atom. The molecule has 21 heavy (non-hydrogen) atoms. The quantitative estimate of drug-likeness (QED) is 0.776. The van der Waals surface area contributed by atoms with Gasteiger partial charge in [-0.3, -0.25) is 4.90 Å². The second-order valence-electron chi connectivity index (χ2n) is 6.78. The first-order chi connectivity index (χ1) is 10.2. The van der Waals surface area contributed by atoms with E-state index in [9.17, 15) is 0 Å². The van der Waals surface area contributed by atoms with E-state index in [0.29, 0.717) is 11.8 Å². The zero-order chi connectivity index (χ0) is 14.8. The molecule has 1 saturated carbocycles. The van der Waals surface area contributed by atoms with Gasteiger partial charge in [0.15, 0.2) is 0 Å². The van der Waals surface area contributed by atoms with Crippen molar-refractivity contribution in [2.75, 3.05) is 37.6 Å². The van der Waals surface area contributed by atoms with Crippen LogP contribution < -0.4 is 4.90 Å². The number of hydrogen-bond acceptors (Lipinski definition) is 3. The highest BCUT2D eigenvalue weighted by Gasteiger charge is 2.26. The fraction of sp³-hybridized carbons (Fsp3) is 0.706. The predicted octanol–water partition coefficient (Wildman–Crippen LogP) is 3.48. The highest BCUT2D eigenvalue weighted by atomic mass is 35.5. The van der Waals surface area contributed by atoms with Gasteiger partial charge in [-0.15, -0.1) is 11.6 Å². The second-order valence-corrected chi connectivity index (χ2v) is 7.05. The first kappa shape index (κ1) is 15.1. The van der Waals surface area contributed by atoms with Crippen LogP contribution in [-0.4, -0.2) is 42.6 Å². The van der Waals surface area contributed by atoms with Crippen molar-refractivity contribution < 1.29 is 0 Å². The summed E-state index contributed by atoms with van der Waals surface area (Å²) in [6.07, 6.45) is 2.88. The Morgan fingerprint density at radius 2 is 1.90 bits per heavy atom. The first-order valence-electron chi connectivity index (χ1n) is 8.20. The second kappa shape index (κ2) is 6.53. The number of halogens is 1. The summed E-state index contributed by atoms with van der Waals surface area (Å²) in [5.41, 5.74) is 2.34. The van der Waals surface area contributed by atoms with Crippen molar-refractivity contribution in [2.24, 2.45) is 5.92 Å². The SMILES string of the molecule is CC(C)c1cc(CCl)cc(N2CCN(CC3CC3)CC2)n1. The number of aromatic nitrogens is 1. The van der Waals surface area contributed by atoms with E-state index in [4.69, 9.17) is 16.6 Å². The van der Waals surface area contributed by atoms with Crippen molar-refractivity contribution >= 4 is 17.4 Å². The van der Waals surface area contributed by atoms with E-state index in [0.717, 1.165) is 30.5 Å². The highest BCUT2D eigenvalue weighted by molar-refractivity contribution is 6.17. The standard InChI is InChI=1S/C17H26ClN3/c1-13(2)16-9-15(11-18)10-17(19-16)21-7-5-20(6-8-21)12-14-3-4-14/h9-10,13-14H,3-8,11-12H2,1-2H3. The maximum atomic E-state index is 6.05. The molecule has 1 saturated heterocycles. The molecule has 2 fully saturated rings. The van der Waals surface area contributed by atoms with Crippen molar-refractivity contribution in [3.8, 4) is 0 Å². The van der Waals surface area contributed by atoms with E-state index in [-0.39, 0.29) is 0 Å². The Kier molecular flexibility index (Phi) is 4.70.